The smallest absolute Gasteiger partial charge is 0.282 e. The van der Waals surface area contributed by atoms with Gasteiger partial charge in [0, 0.05) is 32.5 Å². The van der Waals surface area contributed by atoms with Gasteiger partial charge in [-0.25, -0.2) is 22.9 Å². The first-order valence-corrected chi connectivity index (χ1v) is 23.3. The molecule has 1 unspecified atom stereocenters. The lowest BCUT2D eigenvalue weighted by molar-refractivity contribution is 0.0902. The molecule has 4 aromatic heterocycles. The summed E-state index contributed by atoms with van der Waals surface area (Å²) in [6.07, 6.45) is 4.98. The molecule has 56 heavy (non-hydrogen) atoms. The third-order valence-corrected chi connectivity index (χ3v) is 12.6. The van der Waals surface area contributed by atoms with Crippen molar-refractivity contribution in [3.05, 3.63) is 119 Å². The first-order valence-electron chi connectivity index (χ1n) is 18.2. The number of sulfonamides is 1. The van der Waals surface area contributed by atoms with Gasteiger partial charge in [0.15, 0.2) is 5.82 Å². The van der Waals surface area contributed by atoms with Crippen LogP contribution in [0.3, 0.4) is 0 Å². The fourth-order valence-electron chi connectivity index (χ4n) is 6.54. The van der Waals surface area contributed by atoms with Crippen molar-refractivity contribution in [2.24, 2.45) is 0 Å². The van der Waals surface area contributed by atoms with Crippen molar-refractivity contribution in [3.63, 3.8) is 0 Å². The Morgan fingerprint density at radius 3 is 2.43 bits per heavy atom. The summed E-state index contributed by atoms with van der Waals surface area (Å²) in [4.78, 5) is 23.1. The Bertz CT molecular complexity index is 2710. The fraction of sp³-hybridized carbons (Fsp3) is 0.250. The Labute approximate surface area is 326 Å². The lowest BCUT2D eigenvalue weighted by Gasteiger charge is -2.22. The minimum absolute atomic E-state index is 0.0662. The molecule has 1 atom stereocenters. The molecule has 16 heteroatoms. The molecule has 7 rings (SSSR count). The van der Waals surface area contributed by atoms with Crippen LogP contribution in [0.1, 0.15) is 24.4 Å². The summed E-state index contributed by atoms with van der Waals surface area (Å²) < 4.78 is 47.0. The number of hydrogen-bond acceptors (Lipinski definition) is 10. The van der Waals surface area contributed by atoms with Crippen LogP contribution in [-0.4, -0.2) is 58.9 Å². The van der Waals surface area contributed by atoms with Crippen LogP contribution in [0.25, 0.3) is 33.2 Å². The molecule has 0 radical (unpaired) electrons. The number of nitrogen functional groups attached to an aromatic ring is 1. The maximum atomic E-state index is 14.0. The molecule has 0 fully saturated rings. The van der Waals surface area contributed by atoms with Crippen LogP contribution in [0.5, 0.6) is 5.75 Å². The Kier molecular flexibility index (Phi) is 10.5. The number of para-hydroxylation sites is 1. The molecule has 0 amide bonds. The molecule has 0 aliphatic rings. The van der Waals surface area contributed by atoms with Gasteiger partial charge in [0.05, 0.1) is 40.5 Å². The van der Waals surface area contributed by atoms with Crippen molar-refractivity contribution < 1.29 is 17.9 Å². The zero-order valence-electron chi connectivity index (χ0n) is 32.1. The van der Waals surface area contributed by atoms with Crippen molar-refractivity contribution in [1.82, 2.24) is 28.7 Å². The Morgan fingerprint density at radius 1 is 0.964 bits per heavy atom. The van der Waals surface area contributed by atoms with Crippen molar-refractivity contribution >= 4 is 51.8 Å². The van der Waals surface area contributed by atoms with Crippen LogP contribution in [0.2, 0.25) is 25.7 Å². The number of aryl methyl sites for hydroxylation is 1. The van der Waals surface area contributed by atoms with E-state index in [2.05, 4.69) is 39.6 Å². The van der Waals surface area contributed by atoms with Gasteiger partial charge < -0.3 is 25.1 Å². The van der Waals surface area contributed by atoms with Gasteiger partial charge in [-0.3, -0.25) is 14.1 Å². The molecule has 0 aliphatic heterocycles. The number of nitrogens with zero attached hydrogens (tertiary/aromatic N) is 6. The summed E-state index contributed by atoms with van der Waals surface area (Å²) in [5.74, 6) is 1.48. The number of aromatic nitrogens is 6. The van der Waals surface area contributed by atoms with Crippen LogP contribution in [0.4, 0.5) is 17.3 Å². The van der Waals surface area contributed by atoms with Gasteiger partial charge in [-0.1, -0.05) is 37.8 Å². The molecular formula is C40H45N9O5SSi. The number of anilines is 3. The van der Waals surface area contributed by atoms with E-state index in [0.717, 1.165) is 11.6 Å². The summed E-state index contributed by atoms with van der Waals surface area (Å²) in [5, 5.41) is 8.99. The molecule has 7 aromatic rings. The molecule has 0 saturated carbocycles. The zero-order chi connectivity index (χ0) is 39.8. The van der Waals surface area contributed by atoms with Crippen molar-refractivity contribution in [1.29, 1.82) is 0 Å². The number of hydrogen-bond donors (Lipinski definition) is 3. The quantitative estimate of drug-likeness (QED) is 0.0763. The van der Waals surface area contributed by atoms with Gasteiger partial charge >= 0.3 is 0 Å². The second kappa shape index (κ2) is 15.3. The molecule has 14 nitrogen and oxygen atoms in total. The largest absolute Gasteiger partial charge is 0.497 e. The molecule has 3 aromatic carbocycles. The van der Waals surface area contributed by atoms with Crippen LogP contribution in [0, 0.1) is 6.92 Å². The standard InChI is InChI=1S/C40H45N9O5SSi/c1-26-16-19-48-36(26)40(50)49(29-10-8-7-9-11-29)39(45-48)27(2)44-38-35(37(41)42-24-43-38)28-22-33(46-55(51,52)31-14-12-30(53-3)13-15-31)32-17-18-47(34(32)23-28)25-54-20-21-56(4,5)6/h7-19,22-24,27,46H,20-21,25H2,1-6H3,(H3,41,42,43,44). The molecule has 4 heterocycles. The molecule has 4 N–H and O–H groups in total. The molecule has 290 valence electrons. The number of nitrogens with two attached hydrogens (primary N) is 1. The van der Waals surface area contributed by atoms with E-state index in [1.165, 1.54) is 25.6 Å². The van der Waals surface area contributed by atoms with Crippen molar-refractivity contribution in [2.75, 3.05) is 29.5 Å². The molecule has 0 aliphatic carbocycles. The molecular weight excluding hydrogens is 747 g/mol. The third-order valence-electron chi connectivity index (χ3n) is 9.56. The zero-order valence-corrected chi connectivity index (χ0v) is 34.0. The highest BCUT2D eigenvalue weighted by Gasteiger charge is 2.24. The average Bonchev–Trinajstić information content (AvgIpc) is 3.76. The van der Waals surface area contributed by atoms with Gasteiger partial charge in [0.2, 0.25) is 0 Å². The number of benzene rings is 3. The van der Waals surface area contributed by atoms with Gasteiger partial charge in [-0.15, -0.1) is 0 Å². The fourth-order valence-corrected chi connectivity index (χ4v) is 8.37. The first kappa shape index (κ1) is 38.3. The van der Waals surface area contributed by atoms with E-state index < -0.39 is 24.1 Å². The summed E-state index contributed by atoms with van der Waals surface area (Å²) in [6.45, 7) is 11.5. The van der Waals surface area contributed by atoms with Crippen LogP contribution < -0.4 is 26.1 Å². The second-order valence-corrected chi connectivity index (χ2v) is 22.1. The Balaban J connectivity index is 1.33. The second-order valence-electron chi connectivity index (χ2n) is 14.8. The Hall–Kier alpha value is -5.97. The summed E-state index contributed by atoms with van der Waals surface area (Å²) in [5.41, 5.74) is 10.4. The molecule has 0 spiro atoms. The number of ether oxygens (including phenoxy) is 2. The number of fused-ring (bicyclic) bond motifs is 2. The van der Waals surface area contributed by atoms with Crippen LogP contribution in [-0.2, 0) is 21.5 Å². The van der Waals surface area contributed by atoms with E-state index in [1.54, 1.807) is 33.5 Å². The van der Waals surface area contributed by atoms with E-state index >= 15 is 0 Å². The summed E-state index contributed by atoms with van der Waals surface area (Å²) in [6, 6.07) is 23.3. The van der Waals surface area contributed by atoms with Gasteiger partial charge in [-0.05, 0) is 91.7 Å². The minimum Gasteiger partial charge on any atom is -0.497 e. The van der Waals surface area contributed by atoms with Crippen molar-refractivity contribution in [2.45, 2.75) is 57.2 Å². The van der Waals surface area contributed by atoms with Gasteiger partial charge in [-0.2, -0.15) is 5.10 Å². The SMILES string of the molecule is COc1ccc(S(=O)(=O)Nc2cc(-c3c(N)ncnc3NC(C)c3nn4ccc(C)c4c(=O)n3-c3ccccc3)cc3c2ccn3COCC[Si](C)(C)C)cc1. The molecule has 0 bridgehead atoms. The average molecular weight is 792 g/mol. The lowest BCUT2D eigenvalue weighted by atomic mass is 10.0. The van der Waals surface area contributed by atoms with E-state index in [0.29, 0.717) is 62.9 Å². The van der Waals surface area contributed by atoms with E-state index in [1.807, 2.05) is 73.1 Å². The maximum absolute atomic E-state index is 14.0. The minimum atomic E-state index is -4.05. The predicted octanol–water partition coefficient (Wildman–Crippen LogP) is 7.08. The van der Waals surface area contributed by atoms with E-state index in [9.17, 15) is 13.2 Å². The van der Waals surface area contributed by atoms with Crippen LogP contribution in [0.15, 0.2) is 107 Å². The Morgan fingerprint density at radius 2 is 1.71 bits per heavy atom. The van der Waals surface area contributed by atoms with E-state index in [4.69, 9.17) is 20.3 Å². The maximum Gasteiger partial charge on any atom is 0.282 e. The number of methoxy groups -OCH3 is 1. The van der Waals surface area contributed by atoms with Gasteiger partial charge in [0.1, 0.15) is 36.0 Å². The predicted molar refractivity (Wildman–Crippen MR) is 223 cm³/mol. The highest BCUT2D eigenvalue weighted by atomic mass is 32.2. The van der Waals surface area contributed by atoms with Crippen molar-refractivity contribution in [3.8, 4) is 22.6 Å². The molecule has 0 saturated heterocycles. The normalized spacial score (nSPS) is 12.6. The highest BCUT2D eigenvalue weighted by Crippen LogP contribution is 2.39. The van der Waals surface area contributed by atoms with E-state index in [-0.39, 0.29) is 23.0 Å². The lowest BCUT2D eigenvalue weighted by Crippen LogP contribution is -2.29. The number of rotatable bonds is 14. The highest BCUT2D eigenvalue weighted by molar-refractivity contribution is 7.92. The van der Waals surface area contributed by atoms with Gasteiger partial charge in [0.25, 0.3) is 15.6 Å². The third kappa shape index (κ3) is 7.76. The number of nitrogens with one attached hydrogen (secondary N) is 2. The monoisotopic (exact) mass is 791 g/mol. The first-order chi connectivity index (χ1) is 26.7. The summed E-state index contributed by atoms with van der Waals surface area (Å²) >= 11 is 0. The summed E-state index contributed by atoms with van der Waals surface area (Å²) in [7, 11) is -3.85. The topological polar surface area (TPSA) is 173 Å². The van der Waals surface area contributed by atoms with Crippen LogP contribution >= 0.6 is 0 Å².